The van der Waals surface area contributed by atoms with Crippen molar-refractivity contribution in [2.24, 2.45) is 0 Å². The van der Waals surface area contributed by atoms with Crippen molar-refractivity contribution in [1.29, 1.82) is 0 Å². The Kier molecular flexibility index (Phi) is 5.40. The Bertz CT molecular complexity index is 724. The lowest BCUT2D eigenvalue weighted by molar-refractivity contribution is -0.137. The van der Waals surface area contributed by atoms with Crippen LogP contribution in [0.15, 0.2) is 35.8 Å². The Morgan fingerprint density at radius 1 is 1.32 bits per heavy atom. The van der Waals surface area contributed by atoms with E-state index in [1.165, 1.54) is 0 Å². The molecule has 1 aromatic carbocycles. The molecule has 3 aliphatic rings. The summed E-state index contributed by atoms with van der Waals surface area (Å²) in [6.07, 6.45) is 1.47. The van der Waals surface area contributed by atoms with Crippen LogP contribution in [0.1, 0.15) is 0 Å². The van der Waals surface area contributed by atoms with Crippen LogP contribution in [0.5, 0.6) is 5.75 Å². The van der Waals surface area contributed by atoms with Crippen molar-refractivity contribution in [2.45, 2.75) is 6.29 Å². The second kappa shape index (κ2) is 7.38. The highest BCUT2D eigenvalue weighted by Crippen LogP contribution is 2.28. The molecule has 1 radical (unpaired) electrons. The number of fused-ring (bicyclic) bond motifs is 1. The molecule has 0 spiro atoms. The van der Waals surface area contributed by atoms with Crippen LogP contribution in [0.25, 0.3) is 0 Å². The van der Waals surface area contributed by atoms with E-state index in [9.17, 15) is 4.79 Å². The fourth-order valence-electron chi connectivity index (χ4n) is 3.28. The standard InChI is InChI=1S/C16H18ClN5O2.HI/c1-20-6-7-22-15(23)13-14(19-10-18-13)21(16(20)22)8-9-24-12-4-2-11(17)3-5-12;/h2-5,10,16,19H,6-9H2,1H3;1H/q+1;/p-1. The summed E-state index contributed by atoms with van der Waals surface area (Å²) in [6, 6.07) is 7.29. The molecule has 1 amide bonds. The topological polar surface area (TPSA) is 62.2 Å². The van der Waals surface area contributed by atoms with Crippen molar-refractivity contribution in [2.75, 3.05) is 33.3 Å². The number of likely N-dealkylation sites (N-methyl/N-ethyl adjacent to an activating group) is 1. The van der Waals surface area contributed by atoms with Gasteiger partial charge in [-0.3, -0.25) is 14.6 Å². The lowest BCUT2D eigenvalue weighted by Gasteiger charge is -2.40. The van der Waals surface area contributed by atoms with Gasteiger partial charge >= 0.3 is 11.6 Å². The number of carbonyl (C=O) groups is 1. The molecule has 1 saturated heterocycles. The first-order chi connectivity index (χ1) is 11.6. The predicted octanol–water partition coefficient (Wildman–Crippen LogP) is -2.77. The zero-order valence-corrected chi connectivity index (χ0v) is 16.6. The quantitative estimate of drug-likeness (QED) is 0.479. The SMILES string of the molecule is CN1CCN2C(=O)C3=C(NC=[N+]3)N(CCOc3ccc(Cl)cc3)C12.[I-]. The van der Waals surface area contributed by atoms with Crippen molar-refractivity contribution in [3.8, 4) is 5.75 Å². The van der Waals surface area contributed by atoms with Crippen LogP contribution < -0.4 is 39.0 Å². The van der Waals surface area contributed by atoms with Crippen molar-refractivity contribution in [3.63, 3.8) is 0 Å². The Morgan fingerprint density at radius 3 is 2.84 bits per heavy atom. The molecule has 25 heavy (non-hydrogen) atoms. The number of rotatable bonds is 4. The molecule has 7 nitrogen and oxygen atoms in total. The van der Waals surface area contributed by atoms with Gasteiger partial charge in [0.05, 0.1) is 6.54 Å². The zero-order valence-electron chi connectivity index (χ0n) is 13.7. The molecule has 1 unspecified atom stereocenters. The molecule has 3 aliphatic heterocycles. The number of nitrogens with one attached hydrogen (secondary N) is 1. The van der Waals surface area contributed by atoms with Gasteiger partial charge in [0.15, 0.2) is 6.29 Å². The summed E-state index contributed by atoms with van der Waals surface area (Å²) in [5.41, 5.74) is 0.480. The number of hydrogen-bond acceptors (Lipinski definition) is 6. The highest BCUT2D eigenvalue weighted by atomic mass is 127. The van der Waals surface area contributed by atoms with Gasteiger partial charge in [-0.1, -0.05) is 11.6 Å². The number of ether oxygens (including phenoxy) is 1. The Labute approximate surface area is 168 Å². The Morgan fingerprint density at radius 2 is 2.08 bits per heavy atom. The normalized spacial score (nSPS) is 21.8. The van der Waals surface area contributed by atoms with Crippen molar-refractivity contribution < 1.29 is 33.5 Å². The summed E-state index contributed by atoms with van der Waals surface area (Å²) in [4.78, 5) is 22.9. The Balaban J connectivity index is 0.00000182. The third kappa shape index (κ3) is 3.30. The minimum absolute atomic E-state index is 0. The average Bonchev–Trinajstić information content (AvgIpc) is 3.20. The van der Waals surface area contributed by atoms with Crippen LogP contribution >= 0.6 is 11.6 Å². The third-order valence-electron chi connectivity index (χ3n) is 4.43. The minimum atomic E-state index is -0.0979. The van der Waals surface area contributed by atoms with Gasteiger partial charge in [0.1, 0.15) is 12.4 Å². The molecule has 1 N–H and O–H groups in total. The summed E-state index contributed by atoms with van der Waals surface area (Å²) in [7, 11) is 2.02. The highest BCUT2D eigenvalue weighted by molar-refractivity contribution is 6.30. The van der Waals surface area contributed by atoms with E-state index in [-0.39, 0.29) is 36.2 Å². The molecular formula is C16H18ClIN5O2. The number of amides is 1. The van der Waals surface area contributed by atoms with Gasteiger partial charge < -0.3 is 33.6 Å². The van der Waals surface area contributed by atoms with E-state index in [0.29, 0.717) is 30.4 Å². The lowest BCUT2D eigenvalue weighted by Crippen LogP contribution is -3.00. The maximum Gasteiger partial charge on any atom is 0.307 e. The lowest BCUT2D eigenvalue weighted by atomic mass is 10.2. The first-order valence-corrected chi connectivity index (χ1v) is 8.22. The van der Waals surface area contributed by atoms with Crippen molar-refractivity contribution in [1.82, 2.24) is 25.0 Å². The minimum Gasteiger partial charge on any atom is -1.00 e. The van der Waals surface area contributed by atoms with E-state index in [1.807, 2.05) is 24.1 Å². The van der Waals surface area contributed by atoms with Crippen molar-refractivity contribution >= 4 is 23.8 Å². The average molecular weight is 475 g/mol. The van der Waals surface area contributed by atoms with E-state index in [4.69, 9.17) is 16.3 Å². The van der Waals surface area contributed by atoms with E-state index in [2.05, 4.69) is 20.1 Å². The maximum atomic E-state index is 12.5. The predicted molar refractivity (Wildman–Crippen MR) is 90.1 cm³/mol. The third-order valence-corrected chi connectivity index (χ3v) is 4.68. The van der Waals surface area contributed by atoms with E-state index in [1.54, 1.807) is 18.5 Å². The summed E-state index contributed by atoms with van der Waals surface area (Å²) in [6.45, 7) is 2.68. The van der Waals surface area contributed by atoms with Gasteiger partial charge in [-0.05, 0) is 36.3 Å². The van der Waals surface area contributed by atoms with Crippen LogP contribution in [0, 0.1) is 0 Å². The maximum absolute atomic E-state index is 12.5. The van der Waals surface area contributed by atoms with Crippen LogP contribution in [-0.2, 0) is 4.79 Å². The largest absolute Gasteiger partial charge is 1.00 e. The van der Waals surface area contributed by atoms with E-state index in [0.717, 1.165) is 18.1 Å². The fourth-order valence-corrected chi connectivity index (χ4v) is 3.41. The monoisotopic (exact) mass is 474 g/mol. The Hall–Kier alpha value is -1.52. The molecule has 0 aliphatic carbocycles. The van der Waals surface area contributed by atoms with Crippen molar-refractivity contribution in [3.05, 3.63) is 40.8 Å². The number of hydrogen-bond donors (Lipinski definition) is 1. The zero-order chi connectivity index (χ0) is 16.7. The van der Waals surface area contributed by atoms with Gasteiger partial charge in [-0.25, -0.2) is 5.32 Å². The van der Waals surface area contributed by atoms with Gasteiger partial charge in [-0.15, -0.1) is 0 Å². The number of halogens is 2. The van der Waals surface area contributed by atoms with Crippen LogP contribution in [0.4, 0.5) is 0 Å². The first kappa shape index (κ1) is 18.3. The molecule has 3 heterocycles. The molecule has 4 rings (SSSR count). The molecule has 1 atom stereocenters. The number of nitrogens with zero attached hydrogens (tertiary/aromatic N) is 4. The second-order valence-corrected chi connectivity index (χ2v) is 6.36. The van der Waals surface area contributed by atoms with E-state index >= 15 is 0 Å². The molecule has 1 fully saturated rings. The smallest absolute Gasteiger partial charge is 0.307 e. The highest BCUT2D eigenvalue weighted by Gasteiger charge is 2.49. The summed E-state index contributed by atoms with van der Waals surface area (Å²) < 4.78 is 5.81. The number of aliphatic imine (C=N–C) groups is 1. The van der Waals surface area contributed by atoms with Gasteiger partial charge in [0, 0.05) is 18.1 Å². The van der Waals surface area contributed by atoms with Gasteiger partial charge in [0.2, 0.25) is 0 Å². The van der Waals surface area contributed by atoms with Gasteiger partial charge in [-0.2, -0.15) is 0 Å². The molecule has 1 aromatic rings. The molecule has 0 bridgehead atoms. The molecule has 0 aromatic heterocycles. The van der Waals surface area contributed by atoms with E-state index < -0.39 is 0 Å². The van der Waals surface area contributed by atoms with Crippen LogP contribution in [0.2, 0.25) is 5.02 Å². The summed E-state index contributed by atoms with van der Waals surface area (Å²) in [5, 5.41) is 3.78. The van der Waals surface area contributed by atoms with Gasteiger partial charge in [0.25, 0.3) is 12.2 Å². The first-order valence-electron chi connectivity index (χ1n) is 7.85. The molecule has 133 valence electrons. The summed E-state index contributed by atoms with van der Waals surface area (Å²) in [5.74, 6) is 1.51. The second-order valence-electron chi connectivity index (χ2n) is 5.92. The fraction of sp³-hybridized carbons (Fsp3) is 0.375. The number of benzene rings is 1. The molecule has 9 heteroatoms. The summed E-state index contributed by atoms with van der Waals surface area (Å²) >= 11 is 5.88. The van der Waals surface area contributed by atoms with Crippen LogP contribution in [-0.4, -0.2) is 66.5 Å². The molecular weight excluding hydrogens is 457 g/mol. The number of carbonyl (C=O) groups excluding carboxylic acids is 1. The van der Waals surface area contributed by atoms with Crippen LogP contribution in [0.3, 0.4) is 0 Å². The molecule has 0 saturated carbocycles.